The summed E-state index contributed by atoms with van der Waals surface area (Å²) in [6.45, 7) is 7.47. The van der Waals surface area contributed by atoms with Crippen molar-refractivity contribution in [2.75, 3.05) is 20.1 Å². The van der Waals surface area contributed by atoms with Gasteiger partial charge in [0.15, 0.2) is 0 Å². The normalized spacial score (nSPS) is 40.2. The second-order valence-corrected chi connectivity index (χ2v) is 5.71. The molecular weight excluding hydrogens is 158 g/mol. The molecule has 0 aromatic rings. The molecule has 0 radical (unpaired) electrons. The van der Waals surface area contributed by atoms with Gasteiger partial charge in [0.1, 0.15) is 0 Å². The van der Waals surface area contributed by atoms with Gasteiger partial charge in [-0.25, -0.2) is 0 Å². The van der Waals surface area contributed by atoms with E-state index in [0.717, 1.165) is 23.7 Å². The molecule has 1 saturated carbocycles. The zero-order valence-electron chi connectivity index (χ0n) is 9.29. The minimum atomic E-state index is 0.904. The molecule has 1 saturated heterocycles. The average molecular weight is 181 g/mol. The van der Waals surface area contributed by atoms with Crippen molar-refractivity contribution in [2.24, 2.45) is 23.7 Å². The van der Waals surface area contributed by atoms with Crippen molar-refractivity contribution >= 4 is 0 Å². The van der Waals surface area contributed by atoms with E-state index in [1.165, 1.54) is 32.4 Å². The molecule has 2 unspecified atom stereocenters. The zero-order chi connectivity index (χ0) is 9.42. The summed E-state index contributed by atoms with van der Waals surface area (Å²) < 4.78 is 0. The second-order valence-electron chi connectivity index (χ2n) is 5.71. The van der Waals surface area contributed by atoms with Gasteiger partial charge in [-0.05, 0) is 50.0 Å². The highest BCUT2D eigenvalue weighted by atomic mass is 15.1. The fourth-order valence-electron chi connectivity index (χ4n) is 3.52. The third kappa shape index (κ3) is 2.07. The van der Waals surface area contributed by atoms with Crippen molar-refractivity contribution in [1.82, 2.24) is 4.90 Å². The molecule has 2 atom stereocenters. The van der Waals surface area contributed by atoms with E-state index >= 15 is 0 Å². The Morgan fingerprint density at radius 3 is 2.15 bits per heavy atom. The molecule has 76 valence electrons. The lowest BCUT2D eigenvalue weighted by Gasteiger charge is -2.15. The van der Waals surface area contributed by atoms with E-state index in [4.69, 9.17) is 0 Å². The molecule has 1 aliphatic carbocycles. The Bertz CT molecular complexity index is 162. The van der Waals surface area contributed by atoms with Crippen LogP contribution in [-0.2, 0) is 0 Å². The smallest absolute Gasteiger partial charge is 0.000996 e. The lowest BCUT2D eigenvalue weighted by Crippen LogP contribution is -2.16. The van der Waals surface area contributed by atoms with Crippen LogP contribution in [0.25, 0.3) is 0 Å². The van der Waals surface area contributed by atoms with E-state index in [9.17, 15) is 0 Å². The van der Waals surface area contributed by atoms with Gasteiger partial charge in [0.05, 0.1) is 0 Å². The molecule has 13 heavy (non-hydrogen) atoms. The Morgan fingerprint density at radius 2 is 1.69 bits per heavy atom. The van der Waals surface area contributed by atoms with Gasteiger partial charge in [0.25, 0.3) is 0 Å². The summed E-state index contributed by atoms with van der Waals surface area (Å²) in [6.07, 6.45) is 4.51. The molecule has 2 aliphatic rings. The Labute approximate surface area is 82.5 Å². The van der Waals surface area contributed by atoms with Gasteiger partial charge in [0, 0.05) is 13.1 Å². The average Bonchev–Trinajstić information content (AvgIpc) is 2.41. The van der Waals surface area contributed by atoms with E-state index in [1.54, 1.807) is 0 Å². The molecule has 0 N–H and O–H groups in total. The summed E-state index contributed by atoms with van der Waals surface area (Å²) in [6, 6.07) is 0. The van der Waals surface area contributed by atoms with Gasteiger partial charge < -0.3 is 4.90 Å². The van der Waals surface area contributed by atoms with E-state index in [-0.39, 0.29) is 0 Å². The fraction of sp³-hybridized carbons (Fsp3) is 1.00. The molecule has 0 bridgehead atoms. The topological polar surface area (TPSA) is 3.24 Å². The van der Waals surface area contributed by atoms with Gasteiger partial charge in [-0.2, -0.15) is 0 Å². The number of nitrogens with zero attached hydrogens (tertiary/aromatic N) is 1. The molecule has 1 aliphatic heterocycles. The summed E-state index contributed by atoms with van der Waals surface area (Å²) in [7, 11) is 2.27. The Kier molecular flexibility index (Phi) is 2.64. The van der Waals surface area contributed by atoms with Crippen LogP contribution in [0.15, 0.2) is 0 Å². The predicted octanol–water partition coefficient (Wildman–Crippen LogP) is 2.62. The highest BCUT2D eigenvalue weighted by Crippen LogP contribution is 2.43. The van der Waals surface area contributed by atoms with Crippen LogP contribution in [0, 0.1) is 23.7 Å². The molecule has 0 aromatic carbocycles. The SMILES string of the molecule is CC(C)CC1CC2CN(C)CC2C1. The molecule has 1 nitrogen and oxygen atoms in total. The first-order valence-electron chi connectivity index (χ1n) is 5.83. The number of hydrogen-bond donors (Lipinski definition) is 0. The minimum absolute atomic E-state index is 0.904. The van der Waals surface area contributed by atoms with E-state index < -0.39 is 0 Å². The van der Waals surface area contributed by atoms with Gasteiger partial charge in [-0.15, -0.1) is 0 Å². The third-order valence-corrected chi connectivity index (χ3v) is 3.84. The maximum Gasteiger partial charge on any atom is 0.000996 e. The summed E-state index contributed by atoms with van der Waals surface area (Å²) in [5.74, 6) is 4.06. The number of fused-ring (bicyclic) bond motifs is 1. The highest BCUT2D eigenvalue weighted by Gasteiger charge is 2.39. The third-order valence-electron chi connectivity index (χ3n) is 3.84. The molecule has 2 fully saturated rings. The molecule has 0 aromatic heterocycles. The van der Waals surface area contributed by atoms with Gasteiger partial charge in [-0.3, -0.25) is 0 Å². The quantitative estimate of drug-likeness (QED) is 0.633. The first kappa shape index (κ1) is 9.51. The zero-order valence-corrected chi connectivity index (χ0v) is 9.29. The molecule has 0 spiro atoms. The van der Waals surface area contributed by atoms with Crippen LogP contribution in [0.2, 0.25) is 0 Å². The second kappa shape index (κ2) is 3.61. The van der Waals surface area contributed by atoms with Crippen molar-refractivity contribution in [1.29, 1.82) is 0 Å². The highest BCUT2D eigenvalue weighted by molar-refractivity contribution is 4.91. The van der Waals surface area contributed by atoms with Crippen LogP contribution in [0.1, 0.15) is 33.1 Å². The molecule has 1 heterocycles. The van der Waals surface area contributed by atoms with Crippen molar-refractivity contribution < 1.29 is 0 Å². The Hall–Kier alpha value is -0.0400. The number of likely N-dealkylation sites (tertiary alicyclic amines) is 1. The maximum absolute atomic E-state index is 2.51. The largest absolute Gasteiger partial charge is 0.306 e. The van der Waals surface area contributed by atoms with Crippen LogP contribution in [0.4, 0.5) is 0 Å². The summed E-state index contributed by atoms with van der Waals surface area (Å²) in [5, 5.41) is 0. The van der Waals surface area contributed by atoms with E-state index in [1.807, 2.05) is 0 Å². The van der Waals surface area contributed by atoms with Crippen molar-refractivity contribution in [3.8, 4) is 0 Å². The minimum Gasteiger partial charge on any atom is -0.306 e. The van der Waals surface area contributed by atoms with Crippen molar-refractivity contribution in [3.63, 3.8) is 0 Å². The fourth-order valence-corrected chi connectivity index (χ4v) is 3.52. The van der Waals surface area contributed by atoms with E-state index in [0.29, 0.717) is 0 Å². The molecule has 0 amide bonds. The summed E-state index contributed by atoms with van der Waals surface area (Å²) in [4.78, 5) is 2.51. The molecular formula is C12H23N. The van der Waals surface area contributed by atoms with E-state index in [2.05, 4.69) is 25.8 Å². The predicted molar refractivity (Wildman–Crippen MR) is 56.7 cm³/mol. The summed E-state index contributed by atoms with van der Waals surface area (Å²) >= 11 is 0. The van der Waals surface area contributed by atoms with Crippen LogP contribution in [0.3, 0.4) is 0 Å². The van der Waals surface area contributed by atoms with Gasteiger partial charge in [-0.1, -0.05) is 13.8 Å². The summed E-state index contributed by atoms with van der Waals surface area (Å²) in [5.41, 5.74) is 0. The van der Waals surface area contributed by atoms with Crippen LogP contribution >= 0.6 is 0 Å². The van der Waals surface area contributed by atoms with Crippen LogP contribution < -0.4 is 0 Å². The monoisotopic (exact) mass is 181 g/mol. The lowest BCUT2D eigenvalue weighted by atomic mass is 9.94. The number of hydrogen-bond acceptors (Lipinski definition) is 1. The molecule has 2 rings (SSSR count). The van der Waals surface area contributed by atoms with Crippen molar-refractivity contribution in [3.05, 3.63) is 0 Å². The Morgan fingerprint density at radius 1 is 1.15 bits per heavy atom. The lowest BCUT2D eigenvalue weighted by molar-refractivity contribution is 0.330. The first-order valence-corrected chi connectivity index (χ1v) is 5.83. The van der Waals surface area contributed by atoms with Crippen LogP contribution in [0.5, 0.6) is 0 Å². The van der Waals surface area contributed by atoms with Crippen molar-refractivity contribution in [2.45, 2.75) is 33.1 Å². The maximum atomic E-state index is 2.51. The molecule has 1 heteroatoms. The Balaban J connectivity index is 1.83. The van der Waals surface area contributed by atoms with Crippen LogP contribution in [-0.4, -0.2) is 25.0 Å². The number of rotatable bonds is 2. The first-order chi connectivity index (χ1) is 6.15. The van der Waals surface area contributed by atoms with Gasteiger partial charge >= 0.3 is 0 Å². The van der Waals surface area contributed by atoms with Gasteiger partial charge in [0.2, 0.25) is 0 Å². The standard InChI is InChI=1S/C12H23N/c1-9(2)4-10-5-11-7-13(3)8-12(11)6-10/h9-12H,4-8H2,1-3H3.